The van der Waals surface area contributed by atoms with Crippen LogP contribution in [0.15, 0.2) is 66.7 Å². The van der Waals surface area contributed by atoms with Gasteiger partial charge in [0.1, 0.15) is 19.3 Å². The van der Waals surface area contributed by atoms with Crippen LogP contribution in [0, 0.1) is 11.3 Å². The van der Waals surface area contributed by atoms with Crippen LogP contribution in [0.3, 0.4) is 0 Å². The van der Waals surface area contributed by atoms with Gasteiger partial charge in [0.25, 0.3) is 0 Å². The topological polar surface area (TPSA) is 60.7 Å². The van der Waals surface area contributed by atoms with E-state index in [4.69, 9.17) is 18.9 Å². The molecule has 7 heteroatoms. The van der Waals surface area contributed by atoms with Crippen molar-refractivity contribution in [3.63, 3.8) is 0 Å². The molecule has 4 aromatic rings. The molecule has 0 fully saturated rings. The summed E-state index contributed by atoms with van der Waals surface area (Å²) >= 11 is 4.59. The van der Waals surface area contributed by atoms with Gasteiger partial charge >= 0.3 is 0 Å². The minimum atomic E-state index is 0.449. The number of ether oxygens (including phenoxy) is 4. The summed E-state index contributed by atoms with van der Waals surface area (Å²) in [6, 6.07) is 24.9. The van der Waals surface area contributed by atoms with Crippen molar-refractivity contribution in [2.24, 2.45) is 0 Å². The molecule has 0 N–H and O–H groups in total. The van der Waals surface area contributed by atoms with Crippen LogP contribution in [0.5, 0.6) is 11.5 Å². The minimum Gasteiger partial charge on any atom is -0.487 e. The van der Waals surface area contributed by atoms with E-state index in [2.05, 4.69) is 75.5 Å². The Morgan fingerprint density at radius 1 is 0.622 bits per heavy atom. The summed E-state index contributed by atoms with van der Waals surface area (Å²) in [6.45, 7) is 3.39. The Morgan fingerprint density at radius 3 is 1.70 bits per heavy atom. The van der Waals surface area contributed by atoms with Crippen molar-refractivity contribution < 1.29 is 18.9 Å². The zero-order chi connectivity index (χ0) is 25.9. The van der Waals surface area contributed by atoms with Crippen molar-refractivity contribution >= 4 is 66.7 Å². The second kappa shape index (κ2) is 14.7. The van der Waals surface area contributed by atoms with Crippen molar-refractivity contribution in [3.05, 3.63) is 83.4 Å². The number of nitrogens with zero attached hydrogens (tertiary/aromatic N) is 1. The van der Waals surface area contributed by atoms with Gasteiger partial charge in [0.2, 0.25) is 0 Å². The van der Waals surface area contributed by atoms with Crippen LogP contribution >= 0.6 is 45.2 Å². The number of halogens is 2. The Bertz CT molecular complexity index is 1310. The van der Waals surface area contributed by atoms with E-state index in [1.54, 1.807) is 0 Å². The second-order valence-electron chi connectivity index (χ2n) is 8.31. The van der Waals surface area contributed by atoms with Crippen LogP contribution in [0.25, 0.3) is 21.5 Å². The predicted octanol–water partition coefficient (Wildman–Crippen LogP) is 7.12. The van der Waals surface area contributed by atoms with Gasteiger partial charge in [-0.15, -0.1) is 0 Å². The molecule has 0 aliphatic carbocycles. The SMILES string of the molecule is N#Cc1c2ccccc2c(Cc2ccc(OCCOCCI)c(OCCOCCI)c2)c2ccccc12. The standard InChI is InChI=1S/C30H29I2NO4/c31-11-13-34-15-17-36-29-10-9-22(20-30(29)37-18-16-35-14-12-32)19-27-23-5-1-3-7-25(23)28(21-33)26-8-4-2-6-24(26)27/h1-10,20H,11-19H2. The molecule has 192 valence electrons. The Morgan fingerprint density at radius 2 is 1.16 bits per heavy atom. The van der Waals surface area contributed by atoms with Crippen molar-refractivity contribution in [3.8, 4) is 17.6 Å². The van der Waals surface area contributed by atoms with Crippen molar-refractivity contribution in [1.29, 1.82) is 5.26 Å². The molecule has 0 unspecified atom stereocenters. The van der Waals surface area contributed by atoms with Crippen molar-refractivity contribution in [2.45, 2.75) is 6.42 Å². The lowest BCUT2D eigenvalue weighted by atomic mass is 9.89. The molecule has 0 radical (unpaired) electrons. The maximum Gasteiger partial charge on any atom is 0.161 e. The predicted molar refractivity (Wildman–Crippen MR) is 166 cm³/mol. The van der Waals surface area contributed by atoms with Gasteiger partial charge in [-0.05, 0) is 40.5 Å². The van der Waals surface area contributed by atoms with Gasteiger partial charge in [-0.1, -0.05) is 99.8 Å². The number of nitriles is 1. The van der Waals surface area contributed by atoms with E-state index in [1.165, 1.54) is 5.56 Å². The maximum absolute atomic E-state index is 9.94. The molecule has 0 aliphatic rings. The lowest BCUT2D eigenvalue weighted by Crippen LogP contribution is -2.11. The summed E-state index contributed by atoms with van der Waals surface area (Å²) in [6.07, 6.45) is 0.702. The molecule has 0 saturated carbocycles. The van der Waals surface area contributed by atoms with Crippen LogP contribution < -0.4 is 9.47 Å². The fourth-order valence-corrected chi connectivity index (χ4v) is 4.99. The Kier molecular flexibility index (Phi) is 11.1. The third kappa shape index (κ3) is 7.25. The highest BCUT2D eigenvalue weighted by molar-refractivity contribution is 14.1. The van der Waals surface area contributed by atoms with E-state index in [9.17, 15) is 5.26 Å². The molecule has 4 aromatic carbocycles. The van der Waals surface area contributed by atoms with Gasteiger partial charge in [0.15, 0.2) is 11.5 Å². The summed E-state index contributed by atoms with van der Waals surface area (Å²) in [4.78, 5) is 0. The monoisotopic (exact) mass is 721 g/mol. The minimum absolute atomic E-state index is 0.449. The molecule has 0 heterocycles. The smallest absolute Gasteiger partial charge is 0.161 e. The van der Waals surface area contributed by atoms with Gasteiger partial charge < -0.3 is 18.9 Å². The number of rotatable bonds is 14. The van der Waals surface area contributed by atoms with Gasteiger partial charge in [-0.2, -0.15) is 5.26 Å². The van der Waals surface area contributed by atoms with E-state index in [0.29, 0.717) is 57.6 Å². The van der Waals surface area contributed by atoms with Crippen LogP contribution in [-0.2, 0) is 15.9 Å². The van der Waals surface area contributed by atoms with Gasteiger partial charge in [-0.3, -0.25) is 0 Å². The van der Waals surface area contributed by atoms with Crippen LogP contribution in [-0.4, -0.2) is 48.5 Å². The highest BCUT2D eigenvalue weighted by atomic mass is 127. The molecular formula is C30H29I2NO4. The number of hydrogen-bond acceptors (Lipinski definition) is 5. The Balaban J connectivity index is 1.65. The highest BCUT2D eigenvalue weighted by Crippen LogP contribution is 2.35. The van der Waals surface area contributed by atoms with Crippen molar-refractivity contribution in [2.75, 3.05) is 48.5 Å². The average Bonchev–Trinajstić information content (AvgIpc) is 2.93. The molecule has 0 aromatic heterocycles. The largest absolute Gasteiger partial charge is 0.487 e. The van der Waals surface area contributed by atoms with Gasteiger partial charge in [0.05, 0.1) is 32.0 Å². The number of fused-ring (bicyclic) bond motifs is 2. The normalized spacial score (nSPS) is 11.1. The first-order chi connectivity index (χ1) is 18.3. The lowest BCUT2D eigenvalue weighted by Gasteiger charge is -2.16. The quantitative estimate of drug-likeness (QED) is 0.0602. The molecule has 4 rings (SSSR count). The van der Waals surface area contributed by atoms with E-state index in [1.807, 2.05) is 42.5 Å². The fourth-order valence-electron chi connectivity index (χ4n) is 4.36. The molecule has 0 amide bonds. The van der Waals surface area contributed by atoms with Crippen molar-refractivity contribution in [1.82, 2.24) is 0 Å². The Hall–Kier alpha value is -2.13. The summed E-state index contributed by atoms with van der Waals surface area (Å²) in [5.74, 6) is 1.40. The third-order valence-corrected chi connectivity index (χ3v) is 6.84. The first kappa shape index (κ1) is 27.9. The number of benzene rings is 4. The second-order valence-corrected chi connectivity index (χ2v) is 10.5. The van der Waals surface area contributed by atoms with E-state index >= 15 is 0 Å². The number of hydrogen-bond donors (Lipinski definition) is 0. The summed E-state index contributed by atoms with van der Waals surface area (Å²) in [5, 5.41) is 14.1. The van der Waals surface area contributed by atoms with Crippen LogP contribution in [0.2, 0.25) is 0 Å². The zero-order valence-corrected chi connectivity index (χ0v) is 24.9. The van der Waals surface area contributed by atoms with Gasteiger partial charge in [0, 0.05) is 19.6 Å². The first-order valence-corrected chi connectivity index (χ1v) is 15.3. The molecular weight excluding hydrogens is 692 g/mol. The molecule has 37 heavy (non-hydrogen) atoms. The molecule has 0 bridgehead atoms. The highest BCUT2D eigenvalue weighted by Gasteiger charge is 2.15. The maximum atomic E-state index is 9.94. The fraction of sp³-hybridized carbons (Fsp3) is 0.300. The first-order valence-electron chi connectivity index (χ1n) is 12.2. The third-order valence-electron chi connectivity index (χ3n) is 5.96. The molecule has 0 aliphatic heterocycles. The van der Waals surface area contributed by atoms with Gasteiger partial charge in [-0.25, -0.2) is 0 Å². The zero-order valence-electron chi connectivity index (χ0n) is 20.6. The molecule has 5 nitrogen and oxygen atoms in total. The lowest BCUT2D eigenvalue weighted by molar-refractivity contribution is 0.103. The summed E-state index contributed by atoms with van der Waals surface area (Å²) in [7, 11) is 0. The van der Waals surface area contributed by atoms with Crippen LogP contribution in [0.1, 0.15) is 16.7 Å². The van der Waals surface area contributed by atoms with Crippen LogP contribution in [0.4, 0.5) is 0 Å². The van der Waals surface area contributed by atoms with E-state index < -0.39 is 0 Å². The van der Waals surface area contributed by atoms with E-state index in [-0.39, 0.29) is 0 Å². The molecule has 0 spiro atoms. The molecule has 0 atom stereocenters. The molecule has 0 saturated heterocycles. The Labute approximate surface area is 245 Å². The van der Waals surface area contributed by atoms with E-state index in [0.717, 1.165) is 41.5 Å². The summed E-state index contributed by atoms with van der Waals surface area (Å²) < 4.78 is 25.2. The number of alkyl halides is 2. The summed E-state index contributed by atoms with van der Waals surface area (Å²) in [5.41, 5.74) is 3.03. The average molecular weight is 721 g/mol.